The van der Waals surface area contributed by atoms with Crippen LogP contribution in [0.25, 0.3) is 10.8 Å². The third-order valence-electron chi connectivity index (χ3n) is 4.85. The fourth-order valence-electron chi connectivity index (χ4n) is 3.22. The van der Waals surface area contributed by atoms with Crippen LogP contribution in [-0.4, -0.2) is 23.2 Å². The molecule has 0 aromatic heterocycles. The molecule has 0 amide bonds. The zero-order chi connectivity index (χ0) is 23.4. The number of nitrogens with zero attached hydrogens (tertiary/aromatic N) is 3. The molecule has 0 saturated heterocycles. The minimum absolute atomic E-state index is 0.138. The van der Waals surface area contributed by atoms with E-state index in [0.29, 0.717) is 5.75 Å². The number of benzene rings is 4. The van der Waals surface area contributed by atoms with Gasteiger partial charge in [0.15, 0.2) is 11.5 Å². The molecule has 9 nitrogen and oxygen atoms in total. The van der Waals surface area contributed by atoms with E-state index in [1.165, 1.54) is 13.2 Å². The van der Waals surface area contributed by atoms with Gasteiger partial charge in [-0.15, -0.1) is 0 Å². The first-order valence-electron chi connectivity index (χ1n) is 9.76. The highest BCUT2D eigenvalue weighted by molar-refractivity contribution is 5.88. The normalized spacial score (nSPS) is 10.9. The van der Waals surface area contributed by atoms with Crippen LogP contribution in [0.3, 0.4) is 0 Å². The van der Waals surface area contributed by atoms with E-state index in [1.807, 2.05) is 42.5 Å². The average molecular weight is 443 g/mol. The Morgan fingerprint density at radius 1 is 0.788 bits per heavy atom. The zero-order valence-corrected chi connectivity index (χ0v) is 17.4. The van der Waals surface area contributed by atoms with Crippen molar-refractivity contribution >= 4 is 34.0 Å². The fraction of sp³-hybridized carbons (Fsp3) is 0.0417. The van der Waals surface area contributed by atoms with Gasteiger partial charge >= 0.3 is 5.69 Å². The second-order valence-corrected chi connectivity index (χ2v) is 6.97. The van der Waals surface area contributed by atoms with Crippen molar-refractivity contribution < 1.29 is 19.3 Å². The highest BCUT2D eigenvalue weighted by Gasteiger charge is 2.22. The van der Waals surface area contributed by atoms with E-state index in [-0.39, 0.29) is 11.5 Å². The lowest BCUT2D eigenvalue weighted by Crippen LogP contribution is -1.97. The van der Waals surface area contributed by atoms with Crippen molar-refractivity contribution in [1.29, 1.82) is 0 Å². The second-order valence-electron chi connectivity index (χ2n) is 6.97. The van der Waals surface area contributed by atoms with Crippen LogP contribution >= 0.6 is 0 Å². The minimum atomic E-state index is -0.737. The monoisotopic (exact) mass is 443 g/mol. The fourth-order valence-corrected chi connectivity index (χ4v) is 3.22. The molecule has 0 saturated carbocycles. The predicted octanol–water partition coefficient (Wildman–Crippen LogP) is 6.21. The van der Waals surface area contributed by atoms with Crippen LogP contribution in [0.2, 0.25) is 0 Å². The van der Waals surface area contributed by atoms with Gasteiger partial charge in [0.25, 0.3) is 5.69 Å². The van der Waals surface area contributed by atoms with Gasteiger partial charge in [0.05, 0.1) is 28.7 Å². The quantitative estimate of drug-likeness (QED) is 0.190. The Kier molecular flexibility index (Phi) is 5.94. The number of hydrogen-bond acceptors (Lipinski definition) is 7. The van der Waals surface area contributed by atoms with E-state index in [1.54, 1.807) is 24.4 Å². The van der Waals surface area contributed by atoms with Crippen LogP contribution in [0.5, 0.6) is 17.2 Å². The lowest BCUT2D eigenvalue weighted by molar-refractivity contribution is -0.394. The molecule has 0 aliphatic rings. The average Bonchev–Trinajstić information content (AvgIpc) is 2.83. The van der Waals surface area contributed by atoms with Gasteiger partial charge in [0.1, 0.15) is 0 Å². The SMILES string of the molecule is COc1cc(C=Nc2ccc3ccccc3c2)ccc1Oc1ccc([N+](=O)[O-])cc1[N+](=O)[O-]. The zero-order valence-electron chi connectivity index (χ0n) is 17.4. The first-order chi connectivity index (χ1) is 15.9. The standard InChI is InChI=1S/C24H17N3O6/c1-32-24-12-16(15-25-19-8-7-17-4-2-3-5-18(17)13-19)6-10-23(24)33-22-11-9-20(26(28)29)14-21(22)27(30)31/h2-15H,1H3. The van der Waals surface area contributed by atoms with Gasteiger partial charge in [-0.2, -0.15) is 0 Å². The van der Waals surface area contributed by atoms with E-state index in [4.69, 9.17) is 9.47 Å². The highest BCUT2D eigenvalue weighted by atomic mass is 16.6. The molecule has 0 aliphatic heterocycles. The molecule has 9 heteroatoms. The van der Waals surface area contributed by atoms with E-state index >= 15 is 0 Å². The number of nitro groups is 2. The minimum Gasteiger partial charge on any atom is -0.493 e. The smallest absolute Gasteiger partial charge is 0.318 e. The van der Waals surface area contributed by atoms with Crippen molar-refractivity contribution in [2.45, 2.75) is 0 Å². The van der Waals surface area contributed by atoms with Gasteiger partial charge in [-0.1, -0.05) is 30.3 Å². The Balaban J connectivity index is 1.60. The van der Waals surface area contributed by atoms with Gasteiger partial charge in [0, 0.05) is 12.3 Å². The predicted molar refractivity (Wildman–Crippen MR) is 124 cm³/mol. The molecule has 4 aromatic rings. The summed E-state index contributed by atoms with van der Waals surface area (Å²) in [5.74, 6) is 0.406. The number of hydrogen-bond donors (Lipinski definition) is 0. The Labute approximate surface area is 187 Å². The number of non-ortho nitro benzene ring substituents is 1. The maximum absolute atomic E-state index is 11.4. The van der Waals surface area contributed by atoms with Crippen molar-refractivity contribution in [1.82, 2.24) is 0 Å². The largest absolute Gasteiger partial charge is 0.493 e. The van der Waals surface area contributed by atoms with Gasteiger partial charge < -0.3 is 9.47 Å². The summed E-state index contributed by atoms with van der Waals surface area (Å²) < 4.78 is 11.0. The number of fused-ring (bicyclic) bond motifs is 1. The molecular formula is C24H17N3O6. The molecule has 0 unspecified atom stereocenters. The van der Waals surface area contributed by atoms with E-state index < -0.39 is 21.2 Å². The molecule has 0 atom stereocenters. The van der Waals surface area contributed by atoms with Crippen LogP contribution in [0, 0.1) is 20.2 Å². The Bertz CT molecular complexity index is 1400. The molecule has 0 bridgehead atoms. The molecule has 4 rings (SSSR count). The summed E-state index contributed by atoms with van der Waals surface area (Å²) in [6, 6.07) is 22.1. The molecule has 0 fully saturated rings. The maximum atomic E-state index is 11.4. The van der Waals surface area contributed by atoms with Gasteiger partial charge in [-0.3, -0.25) is 25.2 Å². The molecular weight excluding hydrogens is 426 g/mol. The molecule has 0 spiro atoms. The Hall–Kier alpha value is -4.79. The topological polar surface area (TPSA) is 117 Å². The van der Waals surface area contributed by atoms with E-state index in [9.17, 15) is 20.2 Å². The summed E-state index contributed by atoms with van der Waals surface area (Å²) >= 11 is 0. The highest BCUT2D eigenvalue weighted by Crippen LogP contribution is 2.38. The van der Waals surface area contributed by atoms with Gasteiger partial charge in [-0.05, 0) is 52.7 Å². The van der Waals surface area contributed by atoms with Crippen LogP contribution < -0.4 is 9.47 Å². The van der Waals surface area contributed by atoms with Crippen LogP contribution in [0.1, 0.15) is 5.56 Å². The number of ether oxygens (including phenoxy) is 2. The first-order valence-corrected chi connectivity index (χ1v) is 9.76. The number of nitro benzene ring substituents is 2. The van der Waals surface area contributed by atoms with Gasteiger partial charge in [0.2, 0.25) is 5.75 Å². The number of methoxy groups -OCH3 is 1. The molecule has 0 heterocycles. The summed E-state index contributed by atoms with van der Waals surface area (Å²) in [6.07, 6.45) is 1.67. The molecule has 164 valence electrons. The van der Waals surface area contributed by atoms with Crippen molar-refractivity contribution in [3.05, 3.63) is 105 Å². The van der Waals surface area contributed by atoms with Crippen LogP contribution in [0.15, 0.2) is 83.9 Å². The molecule has 4 aromatic carbocycles. The molecule has 0 N–H and O–H groups in total. The lowest BCUT2D eigenvalue weighted by Gasteiger charge is -2.11. The summed E-state index contributed by atoms with van der Waals surface area (Å²) in [7, 11) is 1.44. The van der Waals surface area contributed by atoms with Crippen molar-refractivity contribution in [2.75, 3.05) is 7.11 Å². The summed E-state index contributed by atoms with van der Waals surface area (Å²) in [6.45, 7) is 0. The Morgan fingerprint density at radius 3 is 2.27 bits per heavy atom. The molecule has 33 heavy (non-hydrogen) atoms. The van der Waals surface area contributed by atoms with Crippen molar-refractivity contribution in [2.24, 2.45) is 4.99 Å². The summed E-state index contributed by atoms with van der Waals surface area (Å²) in [5, 5.41) is 24.5. The second kappa shape index (κ2) is 9.15. The third-order valence-corrected chi connectivity index (χ3v) is 4.85. The summed E-state index contributed by atoms with van der Waals surface area (Å²) in [5.41, 5.74) is 0.592. The third kappa shape index (κ3) is 4.77. The first kappa shape index (κ1) is 21.4. The van der Waals surface area contributed by atoms with Crippen molar-refractivity contribution in [3.63, 3.8) is 0 Å². The Morgan fingerprint density at radius 2 is 1.55 bits per heavy atom. The molecule has 0 radical (unpaired) electrons. The number of aliphatic imine (C=N–C) groups is 1. The van der Waals surface area contributed by atoms with Crippen LogP contribution in [0.4, 0.5) is 17.1 Å². The van der Waals surface area contributed by atoms with E-state index in [2.05, 4.69) is 4.99 Å². The van der Waals surface area contributed by atoms with Gasteiger partial charge in [-0.25, -0.2) is 0 Å². The lowest BCUT2D eigenvalue weighted by atomic mass is 10.1. The molecule has 0 aliphatic carbocycles. The van der Waals surface area contributed by atoms with Crippen molar-refractivity contribution in [3.8, 4) is 17.2 Å². The summed E-state index contributed by atoms with van der Waals surface area (Å²) in [4.78, 5) is 25.3. The maximum Gasteiger partial charge on any atom is 0.318 e. The van der Waals surface area contributed by atoms with Crippen LogP contribution in [-0.2, 0) is 0 Å². The van der Waals surface area contributed by atoms with E-state index in [0.717, 1.165) is 34.2 Å². The number of rotatable bonds is 7.